The molecule has 1 saturated heterocycles. The average Bonchev–Trinajstić information content (AvgIpc) is 3.32. The largest absolute Gasteiger partial charge is 0.494 e. The summed E-state index contributed by atoms with van der Waals surface area (Å²) < 4.78 is 7.39. The van der Waals surface area contributed by atoms with Crippen LogP contribution in [0.3, 0.4) is 0 Å². The van der Waals surface area contributed by atoms with Crippen LogP contribution in [0.2, 0.25) is 0 Å². The number of carbonyl (C=O) groups is 1. The van der Waals surface area contributed by atoms with Crippen LogP contribution in [0.1, 0.15) is 30.9 Å². The maximum Gasteiger partial charge on any atom is 0.333 e. The van der Waals surface area contributed by atoms with Crippen LogP contribution in [0.25, 0.3) is 0 Å². The summed E-state index contributed by atoms with van der Waals surface area (Å²) >= 11 is 1.03. The molecule has 0 radical (unpaired) electrons. The second kappa shape index (κ2) is 10.6. The summed E-state index contributed by atoms with van der Waals surface area (Å²) in [5, 5.41) is 13.6. The van der Waals surface area contributed by atoms with Gasteiger partial charge >= 0.3 is 5.69 Å². The van der Waals surface area contributed by atoms with Crippen molar-refractivity contribution < 1.29 is 14.6 Å². The Morgan fingerprint density at radius 1 is 1.25 bits per heavy atom. The smallest absolute Gasteiger partial charge is 0.333 e. The van der Waals surface area contributed by atoms with Gasteiger partial charge in [-0.05, 0) is 37.0 Å². The van der Waals surface area contributed by atoms with Crippen molar-refractivity contribution >= 4 is 28.4 Å². The van der Waals surface area contributed by atoms with Gasteiger partial charge in [-0.1, -0.05) is 30.8 Å². The molecule has 2 N–H and O–H groups in total. The molecule has 0 spiro atoms. The number of rotatable bonds is 7. The monoisotopic (exact) mass is 460 g/mol. The van der Waals surface area contributed by atoms with Gasteiger partial charge in [0.1, 0.15) is 10.6 Å². The molecular formula is C22H28N4O5S. The summed E-state index contributed by atoms with van der Waals surface area (Å²) in [4.78, 5) is 41.9. The normalized spacial score (nSPS) is 16.3. The van der Waals surface area contributed by atoms with Gasteiger partial charge in [-0.2, -0.15) is 0 Å². The predicted octanol–water partition coefficient (Wildman–Crippen LogP) is 1.46. The second-order valence-corrected chi connectivity index (χ2v) is 8.53. The van der Waals surface area contributed by atoms with Crippen molar-refractivity contribution in [2.75, 3.05) is 18.9 Å². The number of hydrogen-bond donors (Lipinski definition) is 2. The van der Waals surface area contributed by atoms with E-state index < -0.39 is 17.1 Å². The zero-order valence-electron chi connectivity index (χ0n) is 18.5. The molecule has 9 nitrogen and oxygen atoms in total. The number of aliphatic imine (C=N–C) groups is 1. The highest BCUT2D eigenvalue weighted by Gasteiger charge is 2.22. The number of thioether (sulfide) groups is 1. The van der Waals surface area contributed by atoms with Crippen LogP contribution in [-0.2, 0) is 30.0 Å². The molecule has 0 saturated carbocycles. The summed E-state index contributed by atoms with van der Waals surface area (Å²) in [5.41, 5.74) is 0.252. The van der Waals surface area contributed by atoms with E-state index in [0.29, 0.717) is 18.8 Å². The van der Waals surface area contributed by atoms with Crippen molar-refractivity contribution in [1.29, 1.82) is 0 Å². The molecule has 1 amide bonds. The van der Waals surface area contributed by atoms with Crippen molar-refractivity contribution in [3.63, 3.8) is 0 Å². The minimum absolute atomic E-state index is 0.00989. The third kappa shape index (κ3) is 5.49. The van der Waals surface area contributed by atoms with Crippen molar-refractivity contribution in [3.8, 4) is 5.88 Å². The minimum atomic E-state index is -0.679. The Hall–Kier alpha value is -2.85. The first-order chi connectivity index (χ1) is 15.3. The third-order valence-corrected chi connectivity index (χ3v) is 6.29. The highest BCUT2D eigenvalue weighted by atomic mass is 32.2. The number of hydrogen-bond acceptors (Lipinski definition) is 7. The molecular weight excluding hydrogens is 432 g/mol. The molecule has 32 heavy (non-hydrogen) atoms. The van der Waals surface area contributed by atoms with E-state index in [-0.39, 0.29) is 28.4 Å². The number of aryl methyl sites for hydroxylation is 1. The lowest BCUT2D eigenvalue weighted by Crippen LogP contribution is -2.40. The molecule has 1 atom stereocenters. The maximum atomic E-state index is 12.8. The zero-order valence-corrected chi connectivity index (χ0v) is 19.3. The molecule has 1 fully saturated rings. The molecule has 2 heterocycles. The van der Waals surface area contributed by atoms with Crippen LogP contribution >= 0.6 is 11.8 Å². The van der Waals surface area contributed by atoms with Crippen molar-refractivity contribution in [3.05, 3.63) is 56.2 Å². The van der Waals surface area contributed by atoms with Gasteiger partial charge in [0.15, 0.2) is 0 Å². The topological polar surface area (TPSA) is 115 Å². The fraction of sp³-hybridized carbons (Fsp3) is 0.455. The SMILES string of the molecule is CCc1ccc(N=C(SCC(=O)NC[C@H]2CCCO2)c2c(O)n(C)c(=O)n(C)c2=O)cc1. The maximum absolute atomic E-state index is 12.8. The molecule has 2 aromatic rings. The van der Waals surface area contributed by atoms with Gasteiger partial charge in [0.25, 0.3) is 5.56 Å². The van der Waals surface area contributed by atoms with E-state index in [2.05, 4.69) is 10.3 Å². The molecule has 1 aromatic carbocycles. The summed E-state index contributed by atoms with van der Waals surface area (Å²) in [6.45, 7) is 3.18. The number of ether oxygens (including phenoxy) is 1. The number of amides is 1. The minimum Gasteiger partial charge on any atom is -0.494 e. The van der Waals surface area contributed by atoms with Crippen LogP contribution in [0.5, 0.6) is 5.88 Å². The fourth-order valence-electron chi connectivity index (χ4n) is 3.32. The second-order valence-electron chi connectivity index (χ2n) is 7.57. The number of benzene rings is 1. The van der Waals surface area contributed by atoms with Gasteiger partial charge in [0.05, 0.1) is 17.5 Å². The Morgan fingerprint density at radius 3 is 2.59 bits per heavy atom. The first-order valence-electron chi connectivity index (χ1n) is 10.5. The molecule has 0 unspecified atom stereocenters. The summed E-state index contributed by atoms with van der Waals surface area (Å²) in [5.74, 6) is -0.737. The van der Waals surface area contributed by atoms with Crippen molar-refractivity contribution in [1.82, 2.24) is 14.5 Å². The van der Waals surface area contributed by atoms with Gasteiger partial charge in [-0.25, -0.2) is 9.79 Å². The Morgan fingerprint density at radius 2 is 1.97 bits per heavy atom. The Bertz CT molecular complexity index is 1110. The van der Waals surface area contributed by atoms with Gasteiger partial charge in [0, 0.05) is 27.2 Å². The first kappa shape index (κ1) is 23.8. The van der Waals surface area contributed by atoms with Crippen LogP contribution in [0.4, 0.5) is 5.69 Å². The molecule has 10 heteroatoms. The van der Waals surface area contributed by atoms with E-state index in [4.69, 9.17) is 4.74 Å². The predicted molar refractivity (Wildman–Crippen MR) is 125 cm³/mol. The Labute approximate surface area is 190 Å². The molecule has 1 aliphatic rings. The number of aromatic hydroxyl groups is 1. The van der Waals surface area contributed by atoms with E-state index in [1.54, 1.807) is 12.1 Å². The van der Waals surface area contributed by atoms with Gasteiger partial charge < -0.3 is 15.2 Å². The first-order valence-corrected chi connectivity index (χ1v) is 11.5. The fourth-order valence-corrected chi connectivity index (χ4v) is 4.19. The standard InChI is InChI=1S/C22H28N4O5S/c1-4-14-7-9-15(10-8-14)24-19(18-20(28)25(2)22(30)26(3)21(18)29)32-13-17(27)23-12-16-6-5-11-31-16/h7-10,16,28H,4-6,11-13H2,1-3H3,(H,23,27)/t16-/m1/s1. The molecule has 172 valence electrons. The molecule has 0 aliphatic carbocycles. The van der Waals surface area contributed by atoms with Gasteiger partial charge in [0.2, 0.25) is 11.8 Å². The summed E-state index contributed by atoms with van der Waals surface area (Å²) in [6.07, 6.45) is 2.79. The molecule has 0 bridgehead atoms. The molecule has 1 aliphatic heterocycles. The number of carbonyl (C=O) groups excluding carboxylic acids is 1. The van der Waals surface area contributed by atoms with E-state index in [0.717, 1.165) is 45.7 Å². The zero-order chi connectivity index (χ0) is 23.3. The highest BCUT2D eigenvalue weighted by molar-refractivity contribution is 8.15. The number of aromatic nitrogens is 2. The summed E-state index contributed by atoms with van der Waals surface area (Å²) in [7, 11) is 2.70. The molecule has 1 aromatic heterocycles. The number of nitrogens with one attached hydrogen (secondary N) is 1. The van der Waals surface area contributed by atoms with Crippen LogP contribution in [0, 0.1) is 0 Å². The van der Waals surface area contributed by atoms with Crippen molar-refractivity contribution in [2.24, 2.45) is 19.1 Å². The Balaban J connectivity index is 1.90. The van der Waals surface area contributed by atoms with Gasteiger partial charge in [-0.3, -0.25) is 18.7 Å². The quantitative estimate of drug-likeness (QED) is 0.478. The van der Waals surface area contributed by atoms with Crippen LogP contribution in [0.15, 0.2) is 38.8 Å². The third-order valence-electron chi connectivity index (χ3n) is 5.31. The van der Waals surface area contributed by atoms with E-state index in [1.807, 2.05) is 19.1 Å². The van der Waals surface area contributed by atoms with E-state index in [1.165, 1.54) is 14.1 Å². The lowest BCUT2D eigenvalue weighted by Gasteiger charge is -2.13. The number of nitrogens with zero attached hydrogens (tertiary/aromatic N) is 3. The van der Waals surface area contributed by atoms with Crippen LogP contribution in [-0.4, -0.2) is 50.2 Å². The summed E-state index contributed by atoms with van der Waals surface area (Å²) in [6, 6.07) is 7.46. The lowest BCUT2D eigenvalue weighted by molar-refractivity contribution is -0.119. The van der Waals surface area contributed by atoms with Gasteiger partial charge in [-0.15, -0.1) is 0 Å². The average molecular weight is 461 g/mol. The Kier molecular flexibility index (Phi) is 7.92. The van der Waals surface area contributed by atoms with Crippen LogP contribution < -0.4 is 16.6 Å². The lowest BCUT2D eigenvalue weighted by atomic mass is 10.1. The molecule has 3 rings (SSSR count). The highest BCUT2D eigenvalue weighted by Crippen LogP contribution is 2.23. The van der Waals surface area contributed by atoms with E-state index >= 15 is 0 Å². The van der Waals surface area contributed by atoms with E-state index in [9.17, 15) is 19.5 Å². The van der Waals surface area contributed by atoms with Crippen molar-refractivity contribution in [2.45, 2.75) is 32.3 Å².